The maximum absolute atomic E-state index is 6.20. The van der Waals surface area contributed by atoms with Gasteiger partial charge in [-0.25, -0.2) is 0 Å². The van der Waals surface area contributed by atoms with Crippen LogP contribution in [0.2, 0.25) is 10.0 Å². The normalized spacial score (nSPS) is 15.8. The maximum atomic E-state index is 6.20. The molecule has 1 heterocycles. The Morgan fingerprint density at radius 3 is 2.53 bits per heavy atom. The third kappa shape index (κ3) is 4.13. The van der Waals surface area contributed by atoms with Crippen LogP contribution in [-0.4, -0.2) is 37.5 Å². The van der Waals surface area contributed by atoms with Crippen molar-refractivity contribution in [2.75, 3.05) is 26.7 Å². The molecule has 19 heavy (non-hydrogen) atoms. The molecule has 1 aromatic rings. The van der Waals surface area contributed by atoms with E-state index in [4.69, 9.17) is 23.2 Å². The minimum absolute atomic E-state index is 0. The predicted molar refractivity (Wildman–Crippen MR) is 93.2 cm³/mol. The first-order valence-electron chi connectivity index (χ1n) is 6.03. The number of hydrogen-bond acceptors (Lipinski definition) is 3. The zero-order valence-electron chi connectivity index (χ0n) is 11.0. The minimum atomic E-state index is 0. The molecule has 3 nitrogen and oxygen atoms in total. The van der Waals surface area contributed by atoms with Gasteiger partial charge in [-0.1, -0.05) is 36.2 Å². The second-order valence-corrected chi connectivity index (χ2v) is 5.36. The largest absolute Gasteiger partial charge is 0.356 e. The molecule has 1 unspecified atom stereocenters. The van der Waals surface area contributed by atoms with Crippen LogP contribution in [0.4, 0.5) is 0 Å². The van der Waals surface area contributed by atoms with Crippen LogP contribution in [0.5, 0.6) is 0 Å². The number of nitrogens with one attached hydrogen (secondary N) is 1. The molecule has 0 bridgehead atoms. The van der Waals surface area contributed by atoms with E-state index in [1.807, 2.05) is 25.2 Å². The number of halogens is 3. The first kappa shape index (κ1) is 16.9. The SMILES string of the molecule is CC(CNC1=NCCN1C)c1c(Cl)cccc1Cl.I. The van der Waals surface area contributed by atoms with E-state index in [1.165, 1.54) is 0 Å². The molecule has 1 aromatic carbocycles. The number of benzene rings is 1. The van der Waals surface area contributed by atoms with Crippen molar-refractivity contribution in [1.29, 1.82) is 0 Å². The Morgan fingerprint density at radius 1 is 1.37 bits per heavy atom. The molecule has 6 heteroatoms. The highest BCUT2D eigenvalue weighted by Crippen LogP contribution is 2.30. The van der Waals surface area contributed by atoms with Gasteiger partial charge < -0.3 is 10.2 Å². The van der Waals surface area contributed by atoms with Gasteiger partial charge in [0.2, 0.25) is 0 Å². The Balaban J connectivity index is 0.00000180. The first-order valence-corrected chi connectivity index (χ1v) is 6.78. The fourth-order valence-corrected chi connectivity index (χ4v) is 2.82. The van der Waals surface area contributed by atoms with Crippen molar-refractivity contribution in [2.45, 2.75) is 12.8 Å². The fraction of sp³-hybridized carbons (Fsp3) is 0.462. The van der Waals surface area contributed by atoms with E-state index in [-0.39, 0.29) is 29.9 Å². The van der Waals surface area contributed by atoms with E-state index >= 15 is 0 Å². The average molecular weight is 414 g/mol. The predicted octanol–water partition coefficient (Wildman–Crippen LogP) is 3.61. The minimum Gasteiger partial charge on any atom is -0.356 e. The van der Waals surface area contributed by atoms with Gasteiger partial charge in [-0.3, -0.25) is 4.99 Å². The number of hydrogen-bond donors (Lipinski definition) is 1. The van der Waals surface area contributed by atoms with Crippen LogP contribution in [-0.2, 0) is 0 Å². The zero-order valence-corrected chi connectivity index (χ0v) is 14.8. The van der Waals surface area contributed by atoms with Crippen molar-refractivity contribution in [3.63, 3.8) is 0 Å². The molecule has 0 saturated carbocycles. The van der Waals surface area contributed by atoms with Crippen LogP contribution in [0, 0.1) is 0 Å². The molecule has 1 atom stereocenters. The number of likely N-dealkylation sites (N-methyl/N-ethyl adjacent to an activating group) is 1. The van der Waals surface area contributed by atoms with Gasteiger partial charge in [0.15, 0.2) is 5.96 Å². The summed E-state index contributed by atoms with van der Waals surface area (Å²) in [5.74, 6) is 1.19. The molecule has 0 aliphatic carbocycles. The van der Waals surface area contributed by atoms with E-state index in [0.717, 1.165) is 41.2 Å². The Hall–Kier alpha value is -0.200. The van der Waals surface area contributed by atoms with Crippen molar-refractivity contribution in [1.82, 2.24) is 10.2 Å². The third-order valence-corrected chi connectivity index (χ3v) is 3.78. The van der Waals surface area contributed by atoms with Crippen molar-refractivity contribution in [2.24, 2.45) is 4.99 Å². The molecule has 1 aliphatic rings. The third-order valence-electron chi connectivity index (χ3n) is 3.12. The van der Waals surface area contributed by atoms with E-state index < -0.39 is 0 Å². The van der Waals surface area contributed by atoms with Gasteiger partial charge in [0.25, 0.3) is 0 Å². The summed E-state index contributed by atoms with van der Waals surface area (Å²) in [5, 5.41) is 4.78. The number of aliphatic imine (C=N–C) groups is 1. The van der Waals surface area contributed by atoms with Gasteiger partial charge in [0, 0.05) is 36.1 Å². The summed E-state index contributed by atoms with van der Waals surface area (Å²) in [4.78, 5) is 6.50. The summed E-state index contributed by atoms with van der Waals surface area (Å²) in [6.07, 6.45) is 0. The van der Waals surface area contributed by atoms with Crippen molar-refractivity contribution in [3.8, 4) is 0 Å². The lowest BCUT2D eigenvalue weighted by Crippen LogP contribution is -2.37. The molecule has 0 saturated heterocycles. The monoisotopic (exact) mass is 413 g/mol. The van der Waals surface area contributed by atoms with Crippen molar-refractivity contribution < 1.29 is 0 Å². The van der Waals surface area contributed by atoms with E-state index in [1.54, 1.807) is 0 Å². The molecule has 2 rings (SSSR count). The summed E-state index contributed by atoms with van der Waals surface area (Å²) in [5.41, 5.74) is 0.995. The summed E-state index contributed by atoms with van der Waals surface area (Å²) in [6, 6.07) is 5.61. The van der Waals surface area contributed by atoms with E-state index in [9.17, 15) is 0 Å². The Morgan fingerprint density at radius 2 is 2.00 bits per heavy atom. The summed E-state index contributed by atoms with van der Waals surface area (Å²) < 4.78 is 0. The van der Waals surface area contributed by atoms with Crippen molar-refractivity contribution >= 4 is 53.1 Å². The van der Waals surface area contributed by atoms with Crippen LogP contribution in [0.15, 0.2) is 23.2 Å². The van der Waals surface area contributed by atoms with Crippen LogP contribution < -0.4 is 5.32 Å². The van der Waals surface area contributed by atoms with E-state index in [0.29, 0.717) is 0 Å². The molecule has 0 fully saturated rings. The lowest BCUT2D eigenvalue weighted by Gasteiger charge is -2.20. The maximum Gasteiger partial charge on any atom is 0.193 e. The number of nitrogens with zero attached hydrogens (tertiary/aromatic N) is 2. The van der Waals surface area contributed by atoms with Crippen LogP contribution in [0.1, 0.15) is 18.4 Å². The average Bonchev–Trinajstić information content (AvgIpc) is 2.72. The summed E-state index contributed by atoms with van der Waals surface area (Å²) in [6.45, 7) is 4.71. The van der Waals surface area contributed by atoms with Crippen molar-refractivity contribution in [3.05, 3.63) is 33.8 Å². The smallest absolute Gasteiger partial charge is 0.193 e. The molecule has 0 spiro atoms. The highest BCUT2D eigenvalue weighted by molar-refractivity contribution is 14.0. The lowest BCUT2D eigenvalue weighted by molar-refractivity contribution is 0.529. The number of rotatable bonds is 3. The molecule has 0 amide bonds. The molecule has 1 aliphatic heterocycles. The quantitative estimate of drug-likeness (QED) is 0.766. The van der Waals surface area contributed by atoms with Gasteiger partial charge in [0.1, 0.15) is 0 Å². The van der Waals surface area contributed by atoms with Gasteiger partial charge in [-0.15, -0.1) is 24.0 Å². The van der Waals surface area contributed by atoms with E-state index in [2.05, 4.69) is 22.1 Å². The lowest BCUT2D eigenvalue weighted by atomic mass is 10.0. The molecule has 0 radical (unpaired) electrons. The topological polar surface area (TPSA) is 27.6 Å². The highest BCUT2D eigenvalue weighted by Gasteiger charge is 2.16. The van der Waals surface area contributed by atoms with Crippen LogP contribution >= 0.6 is 47.2 Å². The fourth-order valence-electron chi connectivity index (χ4n) is 2.05. The molecule has 0 aromatic heterocycles. The van der Waals surface area contributed by atoms with Crippen LogP contribution in [0.3, 0.4) is 0 Å². The van der Waals surface area contributed by atoms with Gasteiger partial charge in [-0.05, 0) is 17.7 Å². The van der Waals surface area contributed by atoms with Gasteiger partial charge >= 0.3 is 0 Å². The molecular weight excluding hydrogens is 396 g/mol. The molecule has 106 valence electrons. The Labute approximate surface area is 141 Å². The zero-order chi connectivity index (χ0) is 13.1. The highest BCUT2D eigenvalue weighted by atomic mass is 127. The molecular formula is C13H18Cl2IN3. The van der Waals surface area contributed by atoms with Gasteiger partial charge in [-0.2, -0.15) is 0 Å². The standard InChI is InChI=1S/C13H17Cl2N3.HI/c1-9(8-17-13-16-6-7-18(13)2)12-10(14)4-3-5-11(12)15;/h3-5,9H,6-8H2,1-2H3,(H,16,17);1H. The summed E-state index contributed by atoms with van der Waals surface area (Å²) in [7, 11) is 2.03. The van der Waals surface area contributed by atoms with Gasteiger partial charge in [0.05, 0.1) is 6.54 Å². The Kier molecular flexibility index (Phi) is 6.69. The first-order chi connectivity index (χ1) is 8.59. The number of guanidine groups is 1. The molecule has 1 N–H and O–H groups in total. The second kappa shape index (κ2) is 7.55. The second-order valence-electron chi connectivity index (χ2n) is 4.54. The van der Waals surface area contributed by atoms with Crippen LogP contribution in [0.25, 0.3) is 0 Å². The Bertz CT molecular complexity index is 445. The summed E-state index contributed by atoms with van der Waals surface area (Å²) >= 11 is 12.4.